The number of sulfone groups is 1. The van der Waals surface area contributed by atoms with Gasteiger partial charge in [0.15, 0.2) is 9.84 Å². The van der Waals surface area contributed by atoms with Crippen LogP contribution in [0.15, 0.2) is 16.6 Å². The molecule has 0 N–H and O–H groups in total. The van der Waals surface area contributed by atoms with Crippen LogP contribution in [0.4, 0.5) is 5.69 Å². The number of anilines is 1. The lowest BCUT2D eigenvalue weighted by Crippen LogP contribution is -2.44. The number of hydrogen-bond acceptors (Lipinski definition) is 3. The zero-order chi connectivity index (χ0) is 15.1. The third-order valence-corrected chi connectivity index (χ3v) is 6.15. The number of aryl methyl sites for hydroxylation is 1. The monoisotopic (exact) mass is 359 g/mol. The average Bonchev–Trinajstić information content (AvgIpc) is 2.39. The highest BCUT2D eigenvalue weighted by Gasteiger charge is 2.32. The lowest BCUT2D eigenvalue weighted by atomic mass is 9.98. The number of rotatable bonds is 2. The number of nitrogens with zero attached hydrogens (tertiary/aromatic N) is 1. The highest BCUT2D eigenvalue weighted by Crippen LogP contribution is 2.35. The lowest BCUT2D eigenvalue weighted by molar-refractivity contribution is -0.118. The Labute approximate surface area is 128 Å². The van der Waals surface area contributed by atoms with Crippen LogP contribution in [0.5, 0.6) is 0 Å². The van der Waals surface area contributed by atoms with Gasteiger partial charge in [0.25, 0.3) is 0 Å². The molecule has 2 rings (SSSR count). The predicted molar refractivity (Wildman–Crippen MR) is 83.9 cm³/mol. The number of amides is 1. The molecule has 0 saturated carbocycles. The van der Waals surface area contributed by atoms with E-state index in [9.17, 15) is 13.2 Å². The van der Waals surface area contributed by atoms with Gasteiger partial charge < -0.3 is 4.90 Å². The first-order chi connectivity index (χ1) is 9.23. The zero-order valence-corrected chi connectivity index (χ0v) is 14.2. The minimum absolute atomic E-state index is 0.338. The molecule has 110 valence electrons. The number of fused-ring (bicyclic) bond motifs is 1. The van der Waals surface area contributed by atoms with Crippen LogP contribution >= 0.6 is 15.9 Å². The molecule has 0 radical (unpaired) electrons. The molecule has 1 aliphatic heterocycles. The third-order valence-electron chi connectivity index (χ3n) is 3.80. The van der Waals surface area contributed by atoms with Gasteiger partial charge in [0.2, 0.25) is 5.91 Å². The summed E-state index contributed by atoms with van der Waals surface area (Å²) >= 11 is 3.47. The van der Waals surface area contributed by atoms with Crippen molar-refractivity contribution in [2.45, 2.75) is 31.9 Å². The van der Waals surface area contributed by atoms with E-state index >= 15 is 0 Å². The molecule has 6 heteroatoms. The van der Waals surface area contributed by atoms with E-state index in [1.165, 1.54) is 6.92 Å². The summed E-state index contributed by atoms with van der Waals surface area (Å²) in [6.45, 7) is 3.97. The van der Waals surface area contributed by atoms with Gasteiger partial charge in [0, 0.05) is 17.3 Å². The maximum Gasteiger partial charge on any atom is 0.245 e. The van der Waals surface area contributed by atoms with E-state index in [4.69, 9.17) is 0 Å². The number of halogens is 1. The highest BCUT2D eigenvalue weighted by molar-refractivity contribution is 9.10. The number of hydrogen-bond donors (Lipinski definition) is 0. The Hall–Kier alpha value is -0.880. The van der Waals surface area contributed by atoms with Gasteiger partial charge in [-0.2, -0.15) is 0 Å². The summed E-state index contributed by atoms with van der Waals surface area (Å²) in [5.41, 5.74) is 2.95. The molecule has 0 aromatic heterocycles. The van der Waals surface area contributed by atoms with Crippen LogP contribution < -0.4 is 4.90 Å². The summed E-state index contributed by atoms with van der Waals surface area (Å²) in [7, 11) is -3.38. The van der Waals surface area contributed by atoms with Crippen molar-refractivity contribution in [1.82, 2.24) is 0 Å². The van der Waals surface area contributed by atoms with E-state index in [-0.39, 0.29) is 5.91 Å². The molecular formula is C14H18BrNO3S. The van der Waals surface area contributed by atoms with Crippen molar-refractivity contribution in [2.24, 2.45) is 0 Å². The van der Waals surface area contributed by atoms with Crippen molar-refractivity contribution in [3.8, 4) is 0 Å². The zero-order valence-electron chi connectivity index (χ0n) is 11.8. The van der Waals surface area contributed by atoms with Gasteiger partial charge in [0.05, 0.1) is 5.69 Å². The third kappa shape index (κ3) is 2.76. The maximum absolute atomic E-state index is 12.5. The molecule has 1 atom stereocenters. The van der Waals surface area contributed by atoms with E-state index in [1.54, 1.807) is 4.90 Å². The standard InChI is InChI=1S/C14H18BrNO3S/c1-9-12(15)7-6-11-5-4-8-16(13(9)11)14(17)10(2)20(3,18)19/h6-7,10H,4-5,8H2,1-3H3. The van der Waals surface area contributed by atoms with Crippen molar-refractivity contribution in [2.75, 3.05) is 17.7 Å². The predicted octanol–water partition coefficient (Wildman–Crippen LogP) is 2.47. The first kappa shape index (κ1) is 15.5. The number of carbonyl (C=O) groups is 1. The fourth-order valence-electron chi connectivity index (χ4n) is 2.47. The highest BCUT2D eigenvalue weighted by atomic mass is 79.9. The topological polar surface area (TPSA) is 54.5 Å². The minimum atomic E-state index is -3.38. The Morgan fingerprint density at radius 2 is 2.05 bits per heavy atom. The minimum Gasteiger partial charge on any atom is -0.311 e. The summed E-state index contributed by atoms with van der Waals surface area (Å²) in [5, 5.41) is -1.01. The number of benzene rings is 1. The van der Waals surface area contributed by atoms with Crippen LogP contribution in [0.25, 0.3) is 0 Å². The molecule has 1 aromatic carbocycles. The Bertz CT molecular complexity index is 655. The molecular weight excluding hydrogens is 342 g/mol. The van der Waals surface area contributed by atoms with E-state index in [1.807, 2.05) is 19.1 Å². The maximum atomic E-state index is 12.5. The molecule has 0 bridgehead atoms. The summed E-state index contributed by atoms with van der Waals surface area (Å²) in [5.74, 6) is -0.338. The van der Waals surface area contributed by atoms with Gasteiger partial charge in [-0.3, -0.25) is 4.79 Å². The van der Waals surface area contributed by atoms with Crippen LogP contribution in [0.3, 0.4) is 0 Å². The van der Waals surface area contributed by atoms with E-state index in [2.05, 4.69) is 15.9 Å². The molecule has 0 saturated heterocycles. The van der Waals surface area contributed by atoms with Crippen molar-refractivity contribution in [1.29, 1.82) is 0 Å². The fourth-order valence-corrected chi connectivity index (χ4v) is 3.29. The fraction of sp³-hybridized carbons (Fsp3) is 0.500. The summed E-state index contributed by atoms with van der Waals surface area (Å²) in [6.07, 6.45) is 2.88. The molecule has 0 aliphatic carbocycles. The van der Waals surface area contributed by atoms with Gasteiger partial charge in [-0.05, 0) is 43.9 Å². The molecule has 0 spiro atoms. The van der Waals surface area contributed by atoms with Crippen molar-refractivity contribution in [3.05, 3.63) is 27.7 Å². The van der Waals surface area contributed by atoms with Crippen molar-refractivity contribution < 1.29 is 13.2 Å². The summed E-state index contributed by atoms with van der Waals surface area (Å²) < 4.78 is 24.2. The quantitative estimate of drug-likeness (QED) is 0.814. The van der Waals surface area contributed by atoms with Crippen molar-refractivity contribution in [3.63, 3.8) is 0 Å². The van der Waals surface area contributed by atoms with E-state index < -0.39 is 15.1 Å². The van der Waals surface area contributed by atoms with Gasteiger partial charge >= 0.3 is 0 Å². The Kier molecular flexibility index (Phi) is 4.25. The van der Waals surface area contributed by atoms with E-state index in [0.717, 1.165) is 40.4 Å². The molecule has 1 aliphatic rings. The molecule has 1 unspecified atom stereocenters. The van der Waals surface area contributed by atoms with Crippen LogP contribution in [-0.4, -0.2) is 32.4 Å². The Balaban J connectivity index is 2.48. The molecule has 1 heterocycles. The molecule has 4 nitrogen and oxygen atoms in total. The smallest absolute Gasteiger partial charge is 0.245 e. The van der Waals surface area contributed by atoms with Crippen molar-refractivity contribution >= 4 is 37.4 Å². The number of carbonyl (C=O) groups excluding carboxylic acids is 1. The van der Waals surface area contributed by atoms with Crippen LogP contribution in [0.1, 0.15) is 24.5 Å². The first-order valence-corrected chi connectivity index (χ1v) is 9.26. The largest absolute Gasteiger partial charge is 0.311 e. The van der Waals surface area contributed by atoms with E-state index in [0.29, 0.717) is 6.54 Å². The first-order valence-electron chi connectivity index (χ1n) is 6.51. The second kappa shape index (κ2) is 5.48. The molecule has 20 heavy (non-hydrogen) atoms. The van der Waals surface area contributed by atoms with Gasteiger partial charge in [0.1, 0.15) is 5.25 Å². The van der Waals surface area contributed by atoms with Gasteiger partial charge in [-0.1, -0.05) is 22.0 Å². The Morgan fingerprint density at radius 3 is 2.65 bits per heavy atom. The average molecular weight is 360 g/mol. The molecule has 1 aromatic rings. The second-order valence-electron chi connectivity index (χ2n) is 5.25. The van der Waals surface area contributed by atoms with Crippen LogP contribution in [0.2, 0.25) is 0 Å². The molecule has 1 amide bonds. The van der Waals surface area contributed by atoms with Gasteiger partial charge in [-0.25, -0.2) is 8.42 Å². The summed E-state index contributed by atoms with van der Waals surface area (Å²) in [4.78, 5) is 14.1. The van der Waals surface area contributed by atoms with Crippen LogP contribution in [-0.2, 0) is 21.1 Å². The normalized spacial score (nSPS) is 16.7. The summed E-state index contributed by atoms with van der Waals surface area (Å²) in [6, 6.07) is 3.97. The molecule has 0 fully saturated rings. The van der Waals surface area contributed by atoms with Crippen LogP contribution in [0, 0.1) is 6.92 Å². The SMILES string of the molecule is Cc1c(Br)ccc2c1N(C(=O)C(C)S(C)(=O)=O)CCC2. The lowest BCUT2D eigenvalue weighted by Gasteiger charge is -2.33. The van der Waals surface area contributed by atoms with Gasteiger partial charge in [-0.15, -0.1) is 0 Å². The Morgan fingerprint density at radius 1 is 1.40 bits per heavy atom. The second-order valence-corrected chi connectivity index (χ2v) is 8.47.